The molecule has 1 atom stereocenters. The molecule has 0 spiro atoms. The number of amides is 5. The van der Waals surface area contributed by atoms with E-state index in [1.165, 1.54) is 0 Å². The monoisotopic (exact) mass is 798 g/mol. The number of carbonyl (C=O) groups is 5. The lowest BCUT2D eigenvalue weighted by Crippen LogP contribution is -2.52. The number of nitrogens with zero attached hydrogens (tertiary/aromatic N) is 6. The number of nitrogens with one attached hydrogen (secondary N) is 2. The van der Waals surface area contributed by atoms with Crippen LogP contribution in [0.1, 0.15) is 102 Å². The van der Waals surface area contributed by atoms with E-state index in [1.807, 2.05) is 41.3 Å². The highest BCUT2D eigenvalue weighted by atomic mass is 16.2. The highest BCUT2D eigenvalue weighted by Crippen LogP contribution is 2.30. The Hall–Kier alpha value is -5.87. The Bertz CT molecular complexity index is 2060. The van der Waals surface area contributed by atoms with Crippen molar-refractivity contribution in [2.45, 2.75) is 76.8 Å². The molecule has 13 nitrogen and oxygen atoms in total. The van der Waals surface area contributed by atoms with Gasteiger partial charge < -0.3 is 20.0 Å². The topological polar surface area (TPSA) is 148 Å². The van der Waals surface area contributed by atoms with Gasteiger partial charge in [-0.25, -0.2) is 4.98 Å². The number of carbonyl (C=O) groups excluding carboxylic acids is 5. The van der Waals surface area contributed by atoms with Gasteiger partial charge in [0.25, 0.3) is 11.8 Å². The van der Waals surface area contributed by atoms with Crippen LogP contribution in [-0.2, 0) is 20.9 Å². The molecule has 4 aliphatic rings. The molecule has 3 aromatic rings. The van der Waals surface area contributed by atoms with Crippen LogP contribution in [0.2, 0.25) is 0 Å². The molecule has 2 aromatic heterocycles. The van der Waals surface area contributed by atoms with Crippen molar-refractivity contribution in [3.05, 3.63) is 94.9 Å². The highest BCUT2D eigenvalue weighted by molar-refractivity contribution is 6.05. The molecular weight excluding hydrogens is 745 g/mol. The molecule has 13 heteroatoms. The zero-order chi connectivity index (χ0) is 41.0. The number of hydrogen-bond donors (Lipinski definition) is 2. The second kappa shape index (κ2) is 20.2. The molecule has 0 aliphatic carbocycles. The van der Waals surface area contributed by atoms with Crippen LogP contribution < -0.4 is 15.5 Å². The van der Waals surface area contributed by atoms with Crippen molar-refractivity contribution in [2.75, 3.05) is 57.3 Å². The summed E-state index contributed by atoms with van der Waals surface area (Å²) in [7, 11) is 0. The van der Waals surface area contributed by atoms with E-state index in [0.29, 0.717) is 36.6 Å². The molecule has 1 unspecified atom stereocenters. The minimum absolute atomic E-state index is 0.0539. The standard InChI is InChI=1S/C46H54N8O5/c55-42(18-14-35-10-8-22-47-31-35)48-23-5-4-9-34-20-25-53(26-21-34)45(58)37-15-17-41(49-32-37)52-29-27-51(28-30-52)24-6-2-1-3-11-36-12-7-13-38-39(36)33-54(46(38)59)40-16-19-43(56)50-44(40)57/h7-8,10,12-15,17-18,22,31-32,34,40H,1-2,4-6,9,16,19-21,23-30,33H2,(H,48,55)(H,50,56,57)/b18-14+. The molecule has 59 heavy (non-hydrogen) atoms. The molecule has 3 saturated heterocycles. The second-order valence-corrected chi connectivity index (χ2v) is 15.9. The first-order chi connectivity index (χ1) is 28.8. The number of anilines is 1. The number of fused-ring (bicyclic) bond motifs is 1. The second-order valence-electron chi connectivity index (χ2n) is 15.9. The minimum atomic E-state index is -0.632. The minimum Gasteiger partial charge on any atom is -0.354 e. The summed E-state index contributed by atoms with van der Waals surface area (Å²) in [5.74, 6) is 7.16. The number of benzene rings is 1. The molecule has 2 N–H and O–H groups in total. The molecule has 0 saturated carbocycles. The number of rotatable bonds is 14. The van der Waals surface area contributed by atoms with Crippen molar-refractivity contribution < 1.29 is 24.0 Å². The van der Waals surface area contributed by atoms with Gasteiger partial charge in [0.2, 0.25) is 17.7 Å². The average Bonchev–Trinajstić information content (AvgIpc) is 3.60. The van der Waals surface area contributed by atoms with Crippen molar-refractivity contribution in [3.63, 3.8) is 0 Å². The first-order valence-electron chi connectivity index (χ1n) is 21.2. The van der Waals surface area contributed by atoms with Gasteiger partial charge in [0.1, 0.15) is 11.9 Å². The SMILES string of the molecule is O=C(/C=C/c1cccnc1)NCCCCC1CCN(C(=O)c2ccc(N3CCN(CCCCC#Cc4cccc5c4CN(C4CCC(=O)NC4=O)C5=O)CC3)nc2)CC1. The molecule has 0 radical (unpaired) electrons. The summed E-state index contributed by atoms with van der Waals surface area (Å²) in [5.41, 5.74) is 3.80. The number of piperazine rings is 1. The Labute approximate surface area is 346 Å². The first-order valence-corrected chi connectivity index (χ1v) is 21.2. The molecule has 3 fully saturated rings. The summed E-state index contributed by atoms with van der Waals surface area (Å²) >= 11 is 0. The summed E-state index contributed by atoms with van der Waals surface area (Å²) in [5, 5.41) is 5.31. The normalized spacial score (nSPS) is 18.7. The first kappa shape index (κ1) is 41.3. The smallest absolute Gasteiger partial charge is 0.255 e. The van der Waals surface area contributed by atoms with Gasteiger partial charge in [-0.05, 0) is 98.5 Å². The maximum atomic E-state index is 13.3. The van der Waals surface area contributed by atoms with Crippen LogP contribution in [0.15, 0.2) is 67.1 Å². The number of likely N-dealkylation sites (tertiary alicyclic amines) is 1. The van der Waals surface area contributed by atoms with Gasteiger partial charge in [-0.15, -0.1) is 0 Å². The fraction of sp³-hybridized carbons (Fsp3) is 0.457. The van der Waals surface area contributed by atoms with E-state index in [4.69, 9.17) is 4.98 Å². The number of pyridine rings is 2. The maximum Gasteiger partial charge on any atom is 0.255 e. The fourth-order valence-electron chi connectivity index (χ4n) is 8.39. The van der Waals surface area contributed by atoms with Gasteiger partial charge in [0, 0.05) is 101 Å². The van der Waals surface area contributed by atoms with Crippen LogP contribution in [0, 0.1) is 17.8 Å². The zero-order valence-electron chi connectivity index (χ0n) is 33.7. The summed E-state index contributed by atoms with van der Waals surface area (Å²) in [6.07, 6.45) is 16.9. The Morgan fingerprint density at radius 2 is 1.75 bits per heavy atom. The third kappa shape index (κ3) is 11.0. The van der Waals surface area contributed by atoms with E-state index >= 15 is 0 Å². The van der Waals surface area contributed by atoms with Crippen molar-refractivity contribution >= 4 is 41.4 Å². The Morgan fingerprint density at radius 1 is 0.898 bits per heavy atom. The Kier molecular flexibility index (Phi) is 14.1. The third-order valence-electron chi connectivity index (χ3n) is 11.9. The molecular formula is C46H54N8O5. The van der Waals surface area contributed by atoms with E-state index in [9.17, 15) is 24.0 Å². The average molecular weight is 799 g/mol. The quantitative estimate of drug-likeness (QED) is 0.105. The molecule has 7 rings (SSSR count). The lowest BCUT2D eigenvalue weighted by molar-refractivity contribution is -0.137. The molecule has 0 bridgehead atoms. The maximum absolute atomic E-state index is 13.3. The van der Waals surface area contributed by atoms with Crippen molar-refractivity contribution in [2.24, 2.45) is 5.92 Å². The number of aromatic nitrogens is 2. The van der Waals surface area contributed by atoms with Crippen molar-refractivity contribution in [1.82, 2.24) is 35.3 Å². The number of piperidine rings is 2. The number of imide groups is 1. The predicted molar refractivity (Wildman–Crippen MR) is 225 cm³/mol. The highest BCUT2D eigenvalue weighted by Gasteiger charge is 2.39. The van der Waals surface area contributed by atoms with Crippen LogP contribution in [0.5, 0.6) is 0 Å². The van der Waals surface area contributed by atoms with Gasteiger partial charge in [-0.3, -0.25) is 39.2 Å². The van der Waals surface area contributed by atoms with Crippen molar-refractivity contribution in [3.8, 4) is 11.8 Å². The Balaban J connectivity index is 0.753. The lowest BCUT2D eigenvalue weighted by Gasteiger charge is -2.35. The van der Waals surface area contributed by atoms with E-state index in [-0.39, 0.29) is 30.0 Å². The van der Waals surface area contributed by atoms with Gasteiger partial charge in [-0.2, -0.15) is 0 Å². The van der Waals surface area contributed by atoms with Gasteiger partial charge >= 0.3 is 0 Å². The van der Waals surface area contributed by atoms with Gasteiger partial charge in [-0.1, -0.05) is 36.8 Å². The van der Waals surface area contributed by atoms with E-state index in [2.05, 4.69) is 37.3 Å². The van der Waals surface area contributed by atoms with Crippen LogP contribution in [0.3, 0.4) is 0 Å². The number of unbranched alkanes of at least 4 members (excludes halogenated alkanes) is 3. The van der Waals surface area contributed by atoms with Crippen LogP contribution in [0.25, 0.3) is 6.08 Å². The van der Waals surface area contributed by atoms with Gasteiger partial charge in [0.15, 0.2) is 0 Å². The fourth-order valence-corrected chi connectivity index (χ4v) is 8.39. The van der Waals surface area contributed by atoms with E-state index < -0.39 is 11.9 Å². The van der Waals surface area contributed by atoms with Crippen molar-refractivity contribution in [1.29, 1.82) is 0 Å². The van der Waals surface area contributed by atoms with Gasteiger partial charge in [0.05, 0.1) is 5.56 Å². The molecule has 4 aliphatic heterocycles. The summed E-state index contributed by atoms with van der Waals surface area (Å²) in [6.45, 7) is 7.20. The van der Waals surface area contributed by atoms with Crippen LogP contribution in [0.4, 0.5) is 5.82 Å². The van der Waals surface area contributed by atoms with E-state index in [0.717, 1.165) is 120 Å². The summed E-state index contributed by atoms with van der Waals surface area (Å²) in [4.78, 5) is 79.5. The zero-order valence-corrected chi connectivity index (χ0v) is 33.7. The van der Waals surface area contributed by atoms with Crippen LogP contribution in [-0.4, -0.2) is 113 Å². The summed E-state index contributed by atoms with van der Waals surface area (Å²) in [6, 6.07) is 12.6. The summed E-state index contributed by atoms with van der Waals surface area (Å²) < 4.78 is 0. The predicted octanol–water partition coefficient (Wildman–Crippen LogP) is 4.43. The molecule has 1 aromatic carbocycles. The number of hydrogen-bond acceptors (Lipinski definition) is 9. The third-order valence-corrected chi connectivity index (χ3v) is 11.9. The van der Waals surface area contributed by atoms with E-state index in [1.54, 1.807) is 41.7 Å². The lowest BCUT2D eigenvalue weighted by atomic mass is 9.91. The molecule has 5 amide bonds. The van der Waals surface area contributed by atoms with Crippen LogP contribution >= 0.6 is 0 Å². The molecule has 308 valence electrons. The largest absolute Gasteiger partial charge is 0.354 e. The molecule has 6 heterocycles. The Morgan fingerprint density at radius 3 is 2.51 bits per heavy atom.